The SMILES string of the molecule is CCOc1nc(Nc2ccc(C)cc2)ccc1N. The quantitative estimate of drug-likeness (QED) is 0.866. The summed E-state index contributed by atoms with van der Waals surface area (Å²) >= 11 is 0. The molecule has 1 aromatic heterocycles. The zero-order chi connectivity index (χ0) is 13.0. The maximum atomic E-state index is 5.77. The molecular weight excluding hydrogens is 226 g/mol. The molecule has 0 saturated heterocycles. The highest BCUT2D eigenvalue weighted by molar-refractivity contribution is 5.60. The van der Waals surface area contributed by atoms with Gasteiger partial charge in [0.15, 0.2) is 0 Å². The Balaban J connectivity index is 2.18. The average molecular weight is 243 g/mol. The summed E-state index contributed by atoms with van der Waals surface area (Å²) in [6.45, 7) is 4.50. The first kappa shape index (κ1) is 12.2. The van der Waals surface area contributed by atoms with E-state index in [1.165, 1.54) is 5.56 Å². The number of anilines is 3. The maximum Gasteiger partial charge on any atom is 0.239 e. The molecule has 3 N–H and O–H groups in total. The number of hydrogen-bond donors (Lipinski definition) is 2. The molecule has 0 radical (unpaired) electrons. The fourth-order valence-electron chi connectivity index (χ4n) is 1.56. The molecule has 0 amide bonds. The molecule has 1 heterocycles. The van der Waals surface area contributed by atoms with E-state index in [0.29, 0.717) is 18.2 Å². The smallest absolute Gasteiger partial charge is 0.239 e. The van der Waals surface area contributed by atoms with Gasteiger partial charge in [0.25, 0.3) is 0 Å². The van der Waals surface area contributed by atoms with Gasteiger partial charge in [-0.1, -0.05) is 17.7 Å². The lowest BCUT2D eigenvalue weighted by molar-refractivity contribution is 0.329. The maximum absolute atomic E-state index is 5.77. The van der Waals surface area contributed by atoms with Crippen molar-refractivity contribution >= 4 is 17.2 Å². The molecule has 94 valence electrons. The van der Waals surface area contributed by atoms with Gasteiger partial charge in [-0.15, -0.1) is 0 Å². The first-order valence-electron chi connectivity index (χ1n) is 5.92. The van der Waals surface area contributed by atoms with Gasteiger partial charge in [0.05, 0.1) is 12.3 Å². The molecule has 0 aliphatic rings. The predicted molar refractivity (Wildman–Crippen MR) is 74.3 cm³/mol. The van der Waals surface area contributed by atoms with Crippen LogP contribution in [0.4, 0.5) is 17.2 Å². The number of benzene rings is 1. The van der Waals surface area contributed by atoms with Crippen LogP contribution in [0.3, 0.4) is 0 Å². The third kappa shape index (κ3) is 2.91. The van der Waals surface area contributed by atoms with Gasteiger partial charge in [0, 0.05) is 5.69 Å². The first-order valence-corrected chi connectivity index (χ1v) is 5.92. The van der Waals surface area contributed by atoms with E-state index in [2.05, 4.69) is 17.2 Å². The van der Waals surface area contributed by atoms with Crippen LogP contribution in [-0.2, 0) is 0 Å². The number of nitrogens with zero attached hydrogens (tertiary/aromatic N) is 1. The molecule has 0 saturated carbocycles. The van der Waals surface area contributed by atoms with Gasteiger partial charge in [-0.2, -0.15) is 4.98 Å². The monoisotopic (exact) mass is 243 g/mol. The van der Waals surface area contributed by atoms with Crippen LogP contribution in [0.2, 0.25) is 0 Å². The predicted octanol–water partition coefficient (Wildman–Crippen LogP) is 3.11. The van der Waals surface area contributed by atoms with E-state index in [-0.39, 0.29) is 0 Å². The largest absolute Gasteiger partial charge is 0.476 e. The average Bonchev–Trinajstić information content (AvgIpc) is 2.37. The number of aromatic nitrogens is 1. The summed E-state index contributed by atoms with van der Waals surface area (Å²) in [6.07, 6.45) is 0. The highest BCUT2D eigenvalue weighted by Crippen LogP contribution is 2.23. The third-order valence-corrected chi connectivity index (χ3v) is 2.49. The molecule has 1 aromatic carbocycles. The minimum absolute atomic E-state index is 0.467. The van der Waals surface area contributed by atoms with Crippen LogP contribution in [0.1, 0.15) is 12.5 Å². The molecule has 0 fully saturated rings. The fourth-order valence-corrected chi connectivity index (χ4v) is 1.56. The molecule has 0 aliphatic carbocycles. The summed E-state index contributed by atoms with van der Waals surface area (Å²) in [7, 11) is 0. The number of aryl methyl sites for hydroxylation is 1. The second-order valence-corrected chi connectivity index (χ2v) is 4.01. The van der Waals surface area contributed by atoms with Crippen LogP contribution in [0.5, 0.6) is 5.88 Å². The van der Waals surface area contributed by atoms with Crippen LogP contribution in [0.25, 0.3) is 0 Å². The minimum Gasteiger partial charge on any atom is -0.476 e. The summed E-state index contributed by atoms with van der Waals surface area (Å²) in [5.41, 5.74) is 8.53. The minimum atomic E-state index is 0.467. The van der Waals surface area contributed by atoms with E-state index in [9.17, 15) is 0 Å². The number of pyridine rings is 1. The van der Waals surface area contributed by atoms with E-state index in [1.807, 2.05) is 37.3 Å². The number of nitrogen functional groups attached to an aromatic ring is 1. The standard InChI is InChI=1S/C14H17N3O/c1-3-18-14-12(15)8-9-13(17-14)16-11-6-4-10(2)5-7-11/h4-9H,3,15H2,1-2H3,(H,16,17). The van der Waals surface area contributed by atoms with Crippen molar-refractivity contribution in [3.63, 3.8) is 0 Å². The Labute approximate surface area is 107 Å². The van der Waals surface area contributed by atoms with Crippen LogP contribution < -0.4 is 15.8 Å². The van der Waals surface area contributed by atoms with E-state index in [0.717, 1.165) is 11.5 Å². The number of rotatable bonds is 4. The summed E-state index contributed by atoms with van der Waals surface area (Å²) in [4.78, 5) is 4.32. The fraction of sp³-hybridized carbons (Fsp3) is 0.214. The summed E-state index contributed by atoms with van der Waals surface area (Å²) in [6, 6.07) is 11.7. The molecule has 0 aliphatic heterocycles. The van der Waals surface area contributed by atoms with E-state index in [4.69, 9.17) is 10.5 Å². The zero-order valence-corrected chi connectivity index (χ0v) is 10.6. The Morgan fingerprint density at radius 1 is 1.17 bits per heavy atom. The molecule has 0 atom stereocenters. The van der Waals surface area contributed by atoms with Gasteiger partial charge in [-0.05, 0) is 38.1 Å². The highest BCUT2D eigenvalue weighted by Gasteiger charge is 2.03. The molecule has 0 spiro atoms. The lowest BCUT2D eigenvalue weighted by atomic mass is 10.2. The number of hydrogen-bond acceptors (Lipinski definition) is 4. The van der Waals surface area contributed by atoms with E-state index in [1.54, 1.807) is 6.07 Å². The zero-order valence-electron chi connectivity index (χ0n) is 10.6. The highest BCUT2D eigenvalue weighted by atomic mass is 16.5. The van der Waals surface area contributed by atoms with Gasteiger partial charge in [0.1, 0.15) is 5.82 Å². The van der Waals surface area contributed by atoms with Crippen molar-refractivity contribution in [1.82, 2.24) is 4.98 Å². The van der Waals surface area contributed by atoms with Crippen LogP contribution in [0, 0.1) is 6.92 Å². The Kier molecular flexibility index (Phi) is 3.67. The Hall–Kier alpha value is -2.23. The third-order valence-electron chi connectivity index (χ3n) is 2.49. The number of nitrogens with two attached hydrogens (primary N) is 1. The van der Waals surface area contributed by atoms with E-state index < -0.39 is 0 Å². The van der Waals surface area contributed by atoms with E-state index >= 15 is 0 Å². The molecule has 18 heavy (non-hydrogen) atoms. The topological polar surface area (TPSA) is 60.2 Å². The molecule has 2 aromatic rings. The van der Waals surface area contributed by atoms with Crippen molar-refractivity contribution in [2.75, 3.05) is 17.7 Å². The molecule has 2 rings (SSSR count). The van der Waals surface area contributed by atoms with Crippen LogP contribution >= 0.6 is 0 Å². The molecule has 4 nitrogen and oxygen atoms in total. The normalized spacial score (nSPS) is 10.1. The Bertz CT molecular complexity index is 523. The number of nitrogens with one attached hydrogen (secondary N) is 1. The van der Waals surface area contributed by atoms with Crippen molar-refractivity contribution in [3.05, 3.63) is 42.0 Å². The molecule has 0 bridgehead atoms. The lowest BCUT2D eigenvalue weighted by Crippen LogP contribution is -2.02. The van der Waals surface area contributed by atoms with Crippen molar-refractivity contribution in [2.24, 2.45) is 0 Å². The van der Waals surface area contributed by atoms with Crippen molar-refractivity contribution in [2.45, 2.75) is 13.8 Å². The van der Waals surface area contributed by atoms with Gasteiger partial charge < -0.3 is 15.8 Å². The molecular formula is C14H17N3O. The van der Waals surface area contributed by atoms with Gasteiger partial charge in [-0.25, -0.2) is 0 Å². The summed E-state index contributed by atoms with van der Waals surface area (Å²) in [5.74, 6) is 1.19. The second kappa shape index (κ2) is 5.40. The van der Waals surface area contributed by atoms with Crippen LogP contribution in [-0.4, -0.2) is 11.6 Å². The lowest BCUT2D eigenvalue weighted by Gasteiger charge is -2.10. The Morgan fingerprint density at radius 3 is 2.56 bits per heavy atom. The van der Waals surface area contributed by atoms with Crippen molar-refractivity contribution in [3.8, 4) is 5.88 Å². The van der Waals surface area contributed by atoms with Crippen LogP contribution in [0.15, 0.2) is 36.4 Å². The Morgan fingerprint density at radius 2 is 1.89 bits per heavy atom. The molecule has 0 unspecified atom stereocenters. The summed E-state index contributed by atoms with van der Waals surface area (Å²) in [5, 5.41) is 3.21. The molecule has 4 heteroatoms. The van der Waals surface area contributed by atoms with Gasteiger partial charge in [-0.3, -0.25) is 0 Å². The summed E-state index contributed by atoms with van der Waals surface area (Å²) < 4.78 is 5.36. The first-order chi connectivity index (χ1) is 8.69. The number of ether oxygens (including phenoxy) is 1. The van der Waals surface area contributed by atoms with Crippen molar-refractivity contribution in [1.29, 1.82) is 0 Å². The second-order valence-electron chi connectivity index (χ2n) is 4.01. The van der Waals surface area contributed by atoms with Crippen molar-refractivity contribution < 1.29 is 4.74 Å². The van der Waals surface area contributed by atoms with Gasteiger partial charge >= 0.3 is 0 Å². The van der Waals surface area contributed by atoms with Gasteiger partial charge in [0.2, 0.25) is 5.88 Å².